The summed E-state index contributed by atoms with van der Waals surface area (Å²) in [6.45, 7) is 7.45. The number of amides is 1. The first-order chi connectivity index (χ1) is 20.1. The molecule has 5 nitrogen and oxygen atoms in total. The second-order valence-corrected chi connectivity index (χ2v) is 12.1. The van der Waals surface area contributed by atoms with Gasteiger partial charge >= 0.3 is 6.09 Å². The minimum Gasteiger partial charge on any atom is -0.445 e. The van der Waals surface area contributed by atoms with Crippen LogP contribution in [-0.4, -0.2) is 66.1 Å². The summed E-state index contributed by atoms with van der Waals surface area (Å²) in [7, 11) is 2.30. The molecular weight excluding hydrogens is 542 g/mol. The van der Waals surface area contributed by atoms with Crippen LogP contribution in [0.4, 0.5) is 4.79 Å². The van der Waals surface area contributed by atoms with Gasteiger partial charge in [0, 0.05) is 44.8 Å². The molecule has 0 spiro atoms. The third-order valence-electron chi connectivity index (χ3n) is 9.19. The van der Waals surface area contributed by atoms with Crippen LogP contribution in [0.3, 0.4) is 0 Å². The van der Waals surface area contributed by atoms with Gasteiger partial charge in [-0.05, 0) is 67.7 Å². The molecule has 0 N–H and O–H groups in total. The van der Waals surface area contributed by atoms with Gasteiger partial charge in [0.1, 0.15) is 6.61 Å². The highest BCUT2D eigenvalue weighted by Crippen LogP contribution is 2.42. The number of hydrogen-bond donors (Lipinski definition) is 0. The number of rotatable bonds is 11. The van der Waals surface area contributed by atoms with Crippen LogP contribution in [-0.2, 0) is 17.9 Å². The number of carbonyl (C=O) groups is 1. The highest BCUT2D eigenvalue weighted by atomic mass is 35.5. The standard InChI is InChI=1S/C36H47N3O2.ClH/c1-3-21-39(36(40)41-28-30-15-9-5-10-16-30)33-19-22-38(23-20-33)27-32-24-34(25-35(32)31-17-11-6-12-18-31)37(2)26-29-13-7-4-8-14-29;/h4-18,32-35H,3,19-28H2,1-2H3;1H. The maximum atomic E-state index is 13.1. The lowest BCUT2D eigenvalue weighted by molar-refractivity contribution is 0.0576. The summed E-state index contributed by atoms with van der Waals surface area (Å²) in [5.74, 6) is 1.22. The minimum atomic E-state index is -0.168. The van der Waals surface area contributed by atoms with Crippen LogP contribution in [0.15, 0.2) is 91.0 Å². The number of ether oxygens (including phenoxy) is 1. The van der Waals surface area contributed by atoms with Gasteiger partial charge in [-0.2, -0.15) is 0 Å². The van der Waals surface area contributed by atoms with E-state index in [4.69, 9.17) is 4.74 Å². The number of halogens is 1. The first kappa shape index (κ1) is 32.1. The molecule has 3 unspecified atom stereocenters. The topological polar surface area (TPSA) is 36.0 Å². The Hall–Kier alpha value is -2.86. The number of hydrogen-bond acceptors (Lipinski definition) is 4. The zero-order valence-corrected chi connectivity index (χ0v) is 26.1. The second kappa shape index (κ2) is 16.1. The molecule has 1 amide bonds. The average Bonchev–Trinajstić information content (AvgIpc) is 3.44. The van der Waals surface area contributed by atoms with E-state index in [2.05, 4.69) is 84.4 Å². The number of benzene rings is 3. The normalized spacial score (nSPS) is 21.2. The molecule has 3 aromatic rings. The van der Waals surface area contributed by atoms with E-state index >= 15 is 0 Å². The number of carbonyl (C=O) groups excluding carboxylic acids is 1. The Morgan fingerprint density at radius 2 is 1.43 bits per heavy atom. The fourth-order valence-electron chi connectivity index (χ4n) is 6.98. The summed E-state index contributed by atoms with van der Waals surface area (Å²) >= 11 is 0. The van der Waals surface area contributed by atoms with Gasteiger partial charge in [-0.1, -0.05) is 97.9 Å². The molecule has 2 aliphatic rings. The molecule has 226 valence electrons. The molecule has 3 aromatic carbocycles. The Kier molecular flexibility index (Phi) is 12.3. The van der Waals surface area contributed by atoms with Crippen molar-refractivity contribution in [1.29, 1.82) is 0 Å². The van der Waals surface area contributed by atoms with Gasteiger partial charge in [0.15, 0.2) is 0 Å². The van der Waals surface area contributed by atoms with Crippen LogP contribution in [0.2, 0.25) is 0 Å². The van der Waals surface area contributed by atoms with E-state index in [-0.39, 0.29) is 24.5 Å². The Bertz CT molecular complexity index is 1190. The summed E-state index contributed by atoms with van der Waals surface area (Å²) in [5.41, 5.74) is 3.90. The first-order valence-electron chi connectivity index (χ1n) is 15.6. The van der Waals surface area contributed by atoms with E-state index in [0.29, 0.717) is 24.5 Å². The van der Waals surface area contributed by atoms with Crippen molar-refractivity contribution in [2.24, 2.45) is 5.92 Å². The van der Waals surface area contributed by atoms with Gasteiger partial charge in [-0.25, -0.2) is 4.79 Å². The molecule has 1 saturated heterocycles. The quantitative estimate of drug-likeness (QED) is 0.230. The molecule has 1 aliphatic carbocycles. The summed E-state index contributed by atoms with van der Waals surface area (Å²) < 4.78 is 5.74. The van der Waals surface area contributed by atoms with Crippen LogP contribution in [0.25, 0.3) is 0 Å². The largest absolute Gasteiger partial charge is 0.445 e. The number of piperidine rings is 1. The van der Waals surface area contributed by atoms with Gasteiger partial charge < -0.3 is 14.5 Å². The Balaban J connectivity index is 0.00000405. The summed E-state index contributed by atoms with van der Waals surface area (Å²) in [6.07, 6.45) is 5.25. The third-order valence-corrected chi connectivity index (χ3v) is 9.19. The predicted molar refractivity (Wildman–Crippen MR) is 174 cm³/mol. The highest BCUT2D eigenvalue weighted by molar-refractivity contribution is 5.85. The molecular formula is C36H48ClN3O2. The van der Waals surface area contributed by atoms with Crippen molar-refractivity contribution in [3.05, 3.63) is 108 Å². The summed E-state index contributed by atoms with van der Waals surface area (Å²) in [5, 5.41) is 0. The van der Waals surface area contributed by atoms with E-state index in [1.807, 2.05) is 35.2 Å². The van der Waals surface area contributed by atoms with Crippen molar-refractivity contribution < 1.29 is 9.53 Å². The molecule has 1 heterocycles. The van der Waals surface area contributed by atoms with Gasteiger partial charge in [0.25, 0.3) is 0 Å². The van der Waals surface area contributed by atoms with Crippen molar-refractivity contribution >= 4 is 18.5 Å². The second-order valence-electron chi connectivity index (χ2n) is 12.1. The van der Waals surface area contributed by atoms with Gasteiger partial charge in [0.05, 0.1) is 0 Å². The molecule has 0 radical (unpaired) electrons. The molecule has 0 aromatic heterocycles. The summed E-state index contributed by atoms with van der Waals surface area (Å²) in [6, 6.07) is 32.8. The summed E-state index contributed by atoms with van der Waals surface area (Å²) in [4.78, 5) is 20.3. The van der Waals surface area contributed by atoms with Gasteiger partial charge in [-0.3, -0.25) is 4.90 Å². The third kappa shape index (κ3) is 8.59. The monoisotopic (exact) mass is 589 g/mol. The zero-order chi connectivity index (χ0) is 28.4. The van der Waals surface area contributed by atoms with Crippen molar-refractivity contribution in [3.63, 3.8) is 0 Å². The maximum Gasteiger partial charge on any atom is 0.410 e. The van der Waals surface area contributed by atoms with E-state index < -0.39 is 0 Å². The lowest BCUT2D eigenvalue weighted by Gasteiger charge is -2.39. The molecule has 42 heavy (non-hydrogen) atoms. The molecule has 3 atom stereocenters. The first-order valence-corrected chi connectivity index (χ1v) is 15.6. The molecule has 5 rings (SSSR count). The van der Waals surface area contributed by atoms with E-state index in [1.54, 1.807) is 0 Å². The van der Waals surface area contributed by atoms with E-state index in [9.17, 15) is 4.79 Å². The Morgan fingerprint density at radius 1 is 0.833 bits per heavy atom. The van der Waals surface area contributed by atoms with Gasteiger partial charge in [0.2, 0.25) is 0 Å². The fourth-order valence-corrected chi connectivity index (χ4v) is 6.98. The van der Waals surface area contributed by atoms with Crippen LogP contribution in [0.1, 0.15) is 61.6 Å². The minimum absolute atomic E-state index is 0. The van der Waals surface area contributed by atoms with Crippen LogP contribution in [0.5, 0.6) is 0 Å². The Labute approximate surface area is 259 Å². The predicted octanol–water partition coefficient (Wildman–Crippen LogP) is 7.62. The molecule has 6 heteroatoms. The number of nitrogens with zero attached hydrogens (tertiary/aromatic N) is 3. The lowest BCUT2D eigenvalue weighted by atomic mass is 9.88. The SMILES string of the molecule is CCCN(C(=O)OCc1ccccc1)C1CCN(CC2CC(N(C)Cc3ccccc3)CC2c2ccccc2)CC1.Cl. The highest BCUT2D eigenvalue weighted by Gasteiger charge is 2.38. The van der Waals surface area contributed by atoms with Gasteiger partial charge in [-0.15, -0.1) is 12.4 Å². The fraction of sp³-hybridized carbons (Fsp3) is 0.472. The van der Waals surface area contributed by atoms with Crippen molar-refractivity contribution in [3.8, 4) is 0 Å². The smallest absolute Gasteiger partial charge is 0.410 e. The van der Waals surface area contributed by atoms with Crippen LogP contribution < -0.4 is 0 Å². The maximum absolute atomic E-state index is 13.1. The van der Waals surface area contributed by atoms with Crippen LogP contribution >= 0.6 is 12.4 Å². The van der Waals surface area contributed by atoms with Crippen molar-refractivity contribution in [2.45, 2.75) is 70.2 Å². The van der Waals surface area contributed by atoms with Crippen LogP contribution in [0, 0.1) is 5.92 Å². The van der Waals surface area contributed by atoms with E-state index in [1.165, 1.54) is 24.0 Å². The zero-order valence-electron chi connectivity index (χ0n) is 25.3. The lowest BCUT2D eigenvalue weighted by Crippen LogP contribution is -2.48. The average molecular weight is 590 g/mol. The molecule has 0 bridgehead atoms. The molecule has 1 aliphatic heterocycles. The Morgan fingerprint density at radius 3 is 2.05 bits per heavy atom. The molecule has 1 saturated carbocycles. The van der Waals surface area contributed by atoms with E-state index in [0.717, 1.165) is 57.5 Å². The van der Waals surface area contributed by atoms with Crippen molar-refractivity contribution in [2.75, 3.05) is 33.2 Å². The number of likely N-dealkylation sites (tertiary alicyclic amines) is 1. The van der Waals surface area contributed by atoms with Crippen molar-refractivity contribution in [1.82, 2.24) is 14.7 Å². The molecule has 2 fully saturated rings.